The van der Waals surface area contributed by atoms with Crippen LogP contribution in [-0.2, 0) is 10.4 Å². The maximum Gasteiger partial charge on any atom is 0.0311 e. The first-order chi connectivity index (χ1) is 2.00. The molecule has 0 heterocycles. The van der Waals surface area contributed by atoms with Gasteiger partial charge in [0, 0.05) is 30.2 Å². The first kappa shape index (κ1) is 23.7. The van der Waals surface area contributed by atoms with Crippen LogP contribution in [-0.4, -0.2) is 48.3 Å². The third-order valence-electron chi connectivity index (χ3n) is 0. The van der Waals surface area contributed by atoms with E-state index < -0.39 is 10.4 Å². The molecule has 0 saturated heterocycles. The van der Waals surface area contributed by atoms with Crippen molar-refractivity contribution < 1.29 is 28.5 Å². The number of hydrogen-bond donors (Lipinski definition) is 0. The molecule has 0 spiro atoms. The Balaban J connectivity index is -0.0000000267. The summed E-state index contributed by atoms with van der Waals surface area (Å²) >= 11 is 0. The van der Waals surface area contributed by atoms with Crippen LogP contribution in [0.2, 0.25) is 0 Å². The van der Waals surface area contributed by atoms with Crippen molar-refractivity contribution in [1.82, 2.24) is 0 Å². The molecule has 0 fully saturated rings. The summed E-state index contributed by atoms with van der Waals surface area (Å²) in [6.45, 7) is 0. The second-order valence-electron chi connectivity index (χ2n) is 0.408. The minimum Gasteiger partial charge on any atom is -0.759 e. The van der Waals surface area contributed by atoms with Crippen LogP contribution in [0, 0.1) is 0 Å². The van der Waals surface area contributed by atoms with Gasteiger partial charge in [0.05, 0.1) is 0 Å². The Bertz CT molecular complexity index is 91.7. The van der Waals surface area contributed by atoms with Crippen LogP contribution in [0.15, 0.2) is 0 Å². The van der Waals surface area contributed by atoms with Gasteiger partial charge < -0.3 is 20.1 Å². The molecule has 4 N–H and O–H groups in total. The standard InChI is InChI=1S/Ga.H2O4S.2H2O/c;1-5(2,3)4;;/h;(H2,1,2,3,4);2*1H2/p-2. The second-order valence-corrected chi connectivity index (χ2v) is 1.22. The van der Waals surface area contributed by atoms with Gasteiger partial charge in [-0.05, 0) is 0 Å². The Labute approximate surface area is 59.1 Å². The van der Waals surface area contributed by atoms with Crippen molar-refractivity contribution in [3.8, 4) is 0 Å². The molecule has 0 aromatic rings. The molecule has 51 valence electrons. The molecule has 0 aliphatic heterocycles. The van der Waals surface area contributed by atoms with Crippen LogP contribution in [0.3, 0.4) is 0 Å². The van der Waals surface area contributed by atoms with E-state index in [2.05, 4.69) is 0 Å². The number of hydrogen-bond acceptors (Lipinski definition) is 4. The third kappa shape index (κ3) is 1040. The molecular formula is H4GaO6S-2. The summed E-state index contributed by atoms with van der Waals surface area (Å²) in [5.41, 5.74) is 0. The van der Waals surface area contributed by atoms with Gasteiger partial charge in [0.2, 0.25) is 0 Å². The summed E-state index contributed by atoms with van der Waals surface area (Å²) in [5, 5.41) is 0. The third-order valence-corrected chi connectivity index (χ3v) is 0. The Morgan fingerprint density at radius 3 is 1.00 bits per heavy atom. The summed E-state index contributed by atoms with van der Waals surface area (Å²) in [4.78, 5) is 0. The van der Waals surface area contributed by atoms with E-state index in [1.165, 1.54) is 0 Å². The maximum atomic E-state index is 8.52. The minimum absolute atomic E-state index is 0. The van der Waals surface area contributed by atoms with Gasteiger partial charge in [-0.15, -0.1) is 0 Å². The van der Waals surface area contributed by atoms with E-state index >= 15 is 0 Å². The van der Waals surface area contributed by atoms with Gasteiger partial charge in [-0.2, -0.15) is 0 Å². The van der Waals surface area contributed by atoms with E-state index in [4.69, 9.17) is 17.5 Å². The van der Waals surface area contributed by atoms with E-state index in [1.54, 1.807) is 0 Å². The molecule has 0 aromatic heterocycles. The van der Waals surface area contributed by atoms with Gasteiger partial charge in [-0.3, -0.25) is 8.42 Å². The summed E-state index contributed by atoms with van der Waals surface area (Å²) in [7, 11) is -5.17. The fourth-order valence-corrected chi connectivity index (χ4v) is 0. The van der Waals surface area contributed by atoms with Crippen molar-refractivity contribution >= 4 is 30.2 Å². The molecule has 0 amide bonds. The SMILES string of the molecule is O.O.O=S(=O)([O-])[O-].[Ga]. The van der Waals surface area contributed by atoms with Crippen molar-refractivity contribution in [1.29, 1.82) is 0 Å². The molecule has 0 aromatic carbocycles. The van der Waals surface area contributed by atoms with E-state index in [1.807, 2.05) is 0 Å². The largest absolute Gasteiger partial charge is 0.759 e. The van der Waals surface area contributed by atoms with Crippen molar-refractivity contribution in [2.75, 3.05) is 0 Å². The van der Waals surface area contributed by atoms with Gasteiger partial charge in [0.15, 0.2) is 0 Å². The zero-order valence-electron chi connectivity index (χ0n) is 3.62. The summed E-state index contributed by atoms with van der Waals surface area (Å²) in [5.74, 6) is 0. The van der Waals surface area contributed by atoms with E-state index in [0.717, 1.165) is 0 Å². The molecular weight excluding hydrogens is 198 g/mol. The van der Waals surface area contributed by atoms with Gasteiger partial charge in [0.1, 0.15) is 0 Å². The van der Waals surface area contributed by atoms with Gasteiger partial charge in [-0.1, -0.05) is 0 Å². The van der Waals surface area contributed by atoms with Gasteiger partial charge in [0.25, 0.3) is 0 Å². The molecule has 0 rings (SSSR count). The van der Waals surface area contributed by atoms with E-state index in [-0.39, 0.29) is 30.7 Å². The van der Waals surface area contributed by atoms with Crippen LogP contribution in [0.25, 0.3) is 0 Å². The Morgan fingerprint density at radius 1 is 1.00 bits per heavy atom. The quantitative estimate of drug-likeness (QED) is 0.229. The molecule has 0 saturated carbocycles. The molecule has 0 bridgehead atoms. The molecule has 0 atom stereocenters. The van der Waals surface area contributed by atoms with Crippen LogP contribution >= 0.6 is 0 Å². The summed E-state index contributed by atoms with van der Waals surface area (Å²) in [6, 6.07) is 0. The summed E-state index contributed by atoms with van der Waals surface area (Å²) in [6.07, 6.45) is 0. The minimum atomic E-state index is -5.17. The molecule has 0 aliphatic carbocycles. The monoisotopic (exact) mass is 201 g/mol. The molecule has 8 heavy (non-hydrogen) atoms. The Hall–Kier alpha value is 0.426. The normalized spacial score (nSPS) is 7.25. The fourth-order valence-electron chi connectivity index (χ4n) is 0. The predicted octanol–water partition coefficient (Wildman–Crippen LogP) is -3.37. The molecule has 3 radical (unpaired) electrons. The van der Waals surface area contributed by atoms with Crippen molar-refractivity contribution in [3.05, 3.63) is 0 Å². The van der Waals surface area contributed by atoms with Gasteiger partial charge >= 0.3 is 0 Å². The van der Waals surface area contributed by atoms with Gasteiger partial charge in [-0.25, -0.2) is 0 Å². The smallest absolute Gasteiger partial charge is 0.0311 e. The topological polar surface area (TPSA) is 143 Å². The number of rotatable bonds is 0. The Kier molecular flexibility index (Phi) is 22.0. The van der Waals surface area contributed by atoms with Crippen LogP contribution in [0.5, 0.6) is 0 Å². The maximum absolute atomic E-state index is 8.52. The average Bonchev–Trinajstić information content (AvgIpc) is 0.722. The van der Waals surface area contributed by atoms with Crippen LogP contribution in [0.4, 0.5) is 0 Å². The zero-order valence-corrected chi connectivity index (χ0v) is 6.86. The van der Waals surface area contributed by atoms with Crippen molar-refractivity contribution in [2.45, 2.75) is 0 Å². The first-order valence-corrected chi connectivity index (χ1v) is 2.00. The summed E-state index contributed by atoms with van der Waals surface area (Å²) < 4.78 is 34.1. The fraction of sp³-hybridized carbons (Fsp3) is 0. The van der Waals surface area contributed by atoms with E-state index in [9.17, 15) is 0 Å². The van der Waals surface area contributed by atoms with Crippen LogP contribution < -0.4 is 0 Å². The molecule has 6 nitrogen and oxygen atoms in total. The predicted molar refractivity (Wildman–Crippen MR) is 23.5 cm³/mol. The average molecular weight is 202 g/mol. The first-order valence-electron chi connectivity index (χ1n) is 0.667. The molecule has 0 aliphatic rings. The second kappa shape index (κ2) is 7.43. The van der Waals surface area contributed by atoms with Crippen LogP contribution in [0.1, 0.15) is 0 Å². The zero-order chi connectivity index (χ0) is 4.50. The van der Waals surface area contributed by atoms with Crippen molar-refractivity contribution in [3.63, 3.8) is 0 Å². The Morgan fingerprint density at radius 2 is 1.00 bits per heavy atom. The molecule has 8 heteroatoms. The molecule has 0 unspecified atom stereocenters. The van der Waals surface area contributed by atoms with Crippen molar-refractivity contribution in [2.24, 2.45) is 0 Å². The van der Waals surface area contributed by atoms with E-state index in [0.29, 0.717) is 0 Å².